The van der Waals surface area contributed by atoms with Gasteiger partial charge in [-0.1, -0.05) is 6.07 Å². The van der Waals surface area contributed by atoms with E-state index < -0.39 is 0 Å². The fraction of sp³-hybridized carbons (Fsp3) is 0.389. The second kappa shape index (κ2) is 6.86. The van der Waals surface area contributed by atoms with Gasteiger partial charge in [0.05, 0.1) is 6.04 Å². The first-order chi connectivity index (χ1) is 11.5. The molecule has 1 aliphatic heterocycles. The van der Waals surface area contributed by atoms with Gasteiger partial charge in [-0.3, -0.25) is 14.3 Å². The zero-order valence-corrected chi connectivity index (χ0v) is 14.0. The van der Waals surface area contributed by atoms with Crippen LogP contribution in [0.3, 0.4) is 0 Å². The largest absolute Gasteiger partial charge is 0.338 e. The van der Waals surface area contributed by atoms with Gasteiger partial charge in [0, 0.05) is 43.7 Å². The summed E-state index contributed by atoms with van der Waals surface area (Å²) in [6.45, 7) is 4.81. The van der Waals surface area contributed by atoms with Gasteiger partial charge in [-0.2, -0.15) is 5.10 Å². The zero-order valence-electron chi connectivity index (χ0n) is 14.0. The number of carbonyl (C=O) groups excluding carboxylic acids is 2. The van der Waals surface area contributed by atoms with Crippen molar-refractivity contribution in [1.82, 2.24) is 14.7 Å². The van der Waals surface area contributed by atoms with Gasteiger partial charge in [0.15, 0.2) is 0 Å². The monoisotopic (exact) mass is 326 g/mol. The van der Waals surface area contributed by atoms with Crippen molar-refractivity contribution in [3.05, 3.63) is 47.8 Å². The number of nitrogens with one attached hydrogen (secondary N) is 1. The van der Waals surface area contributed by atoms with Crippen molar-refractivity contribution < 1.29 is 9.59 Å². The summed E-state index contributed by atoms with van der Waals surface area (Å²) in [4.78, 5) is 25.9. The average molecular weight is 326 g/mol. The molecule has 1 N–H and O–H groups in total. The summed E-state index contributed by atoms with van der Waals surface area (Å²) in [5, 5.41) is 7.03. The molecule has 0 saturated carbocycles. The van der Waals surface area contributed by atoms with Crippen LogP contribution in [0.5, 0.6) is 0 Å². The fourth-order valence-electron chi connectivity index (χ4n) is 3.13. The summed E-state index contributed by atoms with van der Waals surface area (Å²) < 4.78 is 1.98. The van der Waals surface area contributed by atoms with Crippen LogP contribution in [0, 0.1) is 6.92 Å². The van der Waals surface area contributed by atoms with Crippen molar-refractivity contribution >= 4 is 17.5 Å². The molecule has 126 valence electrons. The molecule has 24 heavy (non-hydrogen) atoms. The van der Waals surface area contributed by atoms with E-state index in [1.54, 1.807) is 12.3 Å². The van der Waals surface area contributed by atoms with Crippen LogP contribution >= 0.6 is 0 Å². The molecule has 2 heterocycles. The van der Waals surface area contributed by atoms with Gasteiger partial charge >= 0.3 is 0 Å². The molecule has 0 atom stereocenters. The van der Waals surface area contributed by atoms with Crippen LogP contribution in [0.4, 0.5) is 5.69 Å². The van der Waals surface area contributed by atoms with Crippen LogP contribution in [0.1, 0.15) is 41.7 Å². The third-order valence-corrected chi connectivity index (χ3v) is 4.44. The molecule has 3 rings (SSSR count). The van der Waals surface area contributed by atoms with E-state index in [2.05, 4.69) is 10.4 Å². The van der Waals surface area contributed by atoms with Crippen LogP contribution in [-0.4, -0.2) is 39.6 Å². The lowest BCUT2D eigenvalue weighted by molar-refractivity contribution is -0.114. The maximum absolute atomic E-state index is 12.8. The van der Waals surface area contributed by atoms with E-state index in [0.717, 1.165) is 18.4 Å². The summed E-state index contributed by atoms with van der Waals surface area (Å²) >= 11 is 0. The summed E-state index contributed by atoms with van der Waals surface area (Å²) in [7, 11) is 0. The van der Waals surface area contributed by atoms with Crippen molar-refractivity contribution in [3.63, 3.8) is 0 Å². The summed E-state index contributed by atoms with van der Waals surface area (Å²) in [6, 6.07) is 7.73. The Labute approximate surface area is 141 Å². The molecule has 0 unspecified atom stereocenters. The fourth-order valence-corrected chi connectivity index (χ4v) is 3.13. The molecule has 1 saturated heterocycles. The maximum atomic E-state index is 12.8. The molecular formula is C18H22N4O2. The van der Waals surface area contributed by atoms with E-state index in [1.807, 2.05) is 40.9 Å². The Balaban J connectivity index is 1.70. The molecule has 1 aliphatic rings. The topological polar surface area (TPSA) is 67.2 Å². The molecule has 6 heteroatoms. The highest BCUT2D eigenvalue weighted by Crippen LogP contribution is 2.24. The Morgan fingerprint density at radius 2 is 2.00 bits per heavy atom. The van der Waals surface area contributed by atoms with Crippen LogP contribution in [0.15, 0.2) is 36.7 Å². The Morgan fingerprint density at radius 1 is 1.25 bits per heavy atom. The van der Waals surface area contributed by atoms with Gasteiger partial charge in [0.25, 0.3) is 5.91 Å². The van der Waals surface area contributed by atoms with Crippen LogP contribution < -0.4 is 5.32 Å². The highest BCUT2D eigenvalue weighted by Gasteiger charge is 2.25. The number of anilines is 1. The number of piperidine rings is 1. The maximum Gasteiger partial charge on any atom is 0.254 e. The lowest BCUT2D eigenvalue weighted by Gasteiger charge is -2.32. The first-order valence-electron chi connectivity index (χ1n) is 8.21. The minimum atomic E-state index is -0.141. The van der Waals surface area contributed by atoms with E-state index in [4.69, 9.17) is 0 Å². The lowest BCUT2D eigenvalue weighted by atomic mass is 10.0. The zero-order chi connectivity index (χ0) is 17.1. The number of rotatable bonds is 3. The van der Waals surface area contributed by atoms with Crippen molar-refractivity contribution in [1.29, 1.82) is 0 Å². The van der Waals surface area contributed by atoms with Gasteiger partial charge in [0.1, 0.15) is 0 Å². The van der Waals surface area contributed by atoms with Gasteiger partial charge in [0.2, 0.25) is 5.91 Å². The molecule has 2 amide bonds. The number of benzene rings is 1. The highest BCUT2D eigenvalue weighted by molar-refractivity contribution is 5.98. The normalized spacial score (nSPS) is 15.3. The molecule has 1 aromatic heterocycles. The molecular weight excluding hydrogens is 304 g/mol. The molecule has 6 nitrogen and oxygen atoms in total. The van der Waals surface area contributed by atoms with Gasteiger partial charge in [-0.15, -0.1) is 0 Å². The second-order valence-corrected chi connectivity index (χ2v) is 6.22. The van der Waals surface area contributed by atoms with Gasteiger partial charge in [-0.05, 0) is 43.5 Å². The lowest BCUT2D eigenvalue weighted by Crippen LogP contribution is -2.39. The average Bonchev–Trinajstić information content (AvgIpc) is 3.10. The first-order valence-corrected chi connectivity index (χ1v) is 8.21. The van der Waals surface area contributed by atoms with Crippen molar-refractivity contribution in [2.24, 2.45) is 0 Å². The minimum Gasteiger partial charge on any atom is -0.338 e. The third kappa shape index (κ3) is 3.48. The van der Waals surface area contributed by atoms with E-state index in [0.29, 0.717) is 30.4 Å². The molecule has 0 aliphatic carbocycles. The van der Waals surface area contributed by atoms with E-state index in [-0.39, 0.29) is 11.8 Å². The number of likely N-dealkylation sites (tertiary alicyclic amines) is 1. The van der Waals surface area contributed by atoms with Gasteiger partial charge in [-0.25, -0.2) is 0 Å². The van der Waals surface area contributed by atoms with Crippen molar-refractivity contribution in [3.8, 4) is 0 Å². The minimum absolute atomic E-state index is 0.0265. The molecule has 1 fully saturated rings. The summed E-state index contributed by atoms with van der Waals surface area (Å²) in [5.41, 5.74) is 2.23. The van der Waals surface area contributed by atoms with E-state index in [1.165, 1.54) is 6.92 Å². The Hall–Kier alpha value is -2.63. The van der Waals surface area contributed by atoms with E-state index in [9.17, 15) is 9.59 Å². The number of hydrogen-bond acceptors (Lipinski definition) is 3. The molecule has 1 aromatic carbocycles. The molecule has 0 radical (unpaired) electrons. The quantitative estimate of drug-likeness (QED) is 0.943. The Morgan fingerprint density at radius 3 is 2.62 bits per heavy atom. The molecule has 0 spiro atoms. The highest BCUT2D eigenvalue weighted by atomic mass is 16.2. The van der Waals surface area contributed by atoms with Crippen LogP contribution in [-0.2, 0) is 4.79 Å². The van der Waals surface area contributed by atoms with Gasteiger partial charge < -0.3 is 10.2 Å². The van der Waals surface area contributed by atoms with Crippen molar-refractivity contribution in [2.75, 3.05) is 18.4 Å². The van der Waals surface area contributed by atoms with Crippen molar-refractivity contribution in [2.45, 2.75) is 32.7 Å². The number of hydrogen-bond donors (Lipinski definition) is 1. The first kappa shape index (κ1) is 16.2. The number of nitrogens with zero attached hydrogens (tertiary/aromatic N) is 3. The molecule has 2 aromatic rings. The van der Waals surface area contributed by atoms with E-state index >= 15 is 0 Å². The third-order valence-electron chi connectivity index (χ3n) is 4.44. The Bertz CT molecular complexity index is 731. The number of carbonyl (C=O) groups is 2. The molecule has 0 bridgehead atoms. The predicted molar refractivity (Wildman–Crippen MR) is 91.9 cm³/mol. The van der Waals surface area contributed by atoms with Crippen LogP contribution in [0.25, 0.3) is 0 Å². The number of aryl methyl sites for hydroxylation is 1. The smallest absolute Gasteiger partial charge is 0.254 e. The summed E-state index contributed by atoms with van der Waals surface area (Å²) in [5.74, 6) is -0.115. The van der Waals surface area contributed by atoms with Crippen LogP contribution in [0.2, 0.25) is 0 Å². The Kier molecular flexibility index (Phi) is 4.64. The number of amides is 2. The predicted octanol–water partition coefficient (Wildman–Crippen LogP) is 2.63. The second-order valence-electron chi connectivity index (χ2n) is 6.22. The number of aromatic nitrogens is 2. The summed E-state index contributed by atoms with van der Waals surface area (Å²) in [6.07, 6.45) is 5.56. The standard InChI is InChI=1S/C18H22N4O2/c1-13-4-5-15(20-14(2)23)12-17(13)18(24)21-10-6-16(7-11-21)22-9-3-8-19-22/h3-5,8-9,12,16H,6-7,10-11H2,1-2H3,(H,20,23). The SMILES string of the molecule is CC(=O)Nc1ccc(C)c(C(=O)N2CCC(n3cccn3)CC2)c1.